The van der Waals surface area contributed by atoms with Crippen LogP contribution < -0.4 is 0 Å². The normalized spacial score (nSPS) is 14.7. The topological polar surface area (TPSA) is 237 Å². The first kappa shape index (κ1) is 84.1. The number of ether oxygens (including phenoxy) is 4. The fourth-order valence-corrected chi connectivity index (χ4v) is 11.5. The van der Waals surface area contributed by atoms with Gasteiger partial charge in [0.15, 0.2) is 12.2 Å². The van der Waals surface area contributed by atoms with E-state index in [9.17, 15) is 43.2 Å². The number of phosphoric acid groups is 2. The lowest BCUT2D eigenvalue weighted by molar-refractivity contribution is -0.161. The number of rotatable bonds is 64. The van der Waals surface area contributed by atoms with Gasteiger partial charge in [-0.1, -0.05) is 274 Å². The molecule has 3 unspecified atom stereocenters. The highest BCUT2D eigenvalue weighted by Gasteiger charge is 2.30. The van der Waals surface area contributed by atoms with Gasteiger partial charge in [0, 0.05) is 25.7 Å². The van der Waals surface area contributed by atoms with Crippen LogP contribution >= 0.6 is 15.6 Å². The van der Waals surface area contributed by atoms with E-state index in [2.05, 4.69) is 55.4 Å². The first-order chi connectivity index (χ1) is 41.1. The van der Waals surface area contributed by atoms with Crippen molar-refractivity contribution >= 4 is 39.5 Å². The summed E-state index contributed by atoms with van der Waals surface area (Å²) >= 11 is 0. The molecule has 0 rings (SSSR count). The summed E-state index contributed by atoms with van der Waals surface area (Å²) in [4.78, 5) is 72.3. The molecule has 0 fully saturated rings. The van der Waals surface area contributed by atoms with E-state index in [0.29, 0.717) is 37.5 Å². The Hall–Kier alpha value is -1.94. The molecular formula is C67H130O17P2. The molecule has 0 saturated carbocycles. The highest BCUT2D eigenvalue weighted by Crippen LogP contribution is 2.45. The van der Waals surface area contributed by atoms with Crippen molar-refractivity contribution < 1.29 is 80.2 Å². The highest BCUT2D eigenvalue weighted by molar-refractivity contribution is 7.47. The molecule has 510 valence electrons. The van der Waals surface area contributed by atoms with E-state index in [1.165, 1.54) is 116 Å². The quantitative estimate of drug-likeness (QED) is 0.0222. The van der Waals surface area contributed by atoms with Gasteiger partial charge >= 0.3 is 39.5 Å². The van der Waals surface area contributed by atoms with Crippen molar-refractivity contribution in [3.63, 3.8) is 0 Å². The van der Waals surface area contributed by atoms with Crippen LogP contribution in [0, 0.1) is 23.7 Å². The fraction of sp³-hybridized carbons (Fsp3) is 0.940. The number of aliphatic hydroxyl groups is 1. The molecule has 86 heavy (non-hydrogen) atoms. The van der Waals surface area contributed by atoms with Crippen LogP contribution in [-0.2, 0) is 65.4 Å². The van der Waals surface area contributed by atoms with Gasteiger partial charge in [-0.2, -0.15) is 0 Å². The molecule has 0 bridgehead atoms. The maximum atomic E-state index is 13.0. The Balaban J connectivity index is 5.21. The lowest BCUT2D eigenvalue weighted by Gasteiger charge is -2.21. The van der Waals surface area contributed by atoms with Gasteiger partial charge in [0.05, 0.1) is 26.4 Å². The Morgan fingerprint density at radius 1 is 0.326 bits per heavy atom. The predicted octanol–water partition coefficient (Wildman–Crippen LogP) is 18.5. The molecule has 0 aromatic rings. The van der Waals surface area contributed by atoms with Gasteiger partial charge in [0.25, 0.3) is 0 Å². The predicted molar refractivity (Wildman–Crippen MR) is 344 cm³/mol. The van der Waals surface area contributed by atoms with Crippen LogP contribution in [0.5, 0.6) is 0 Å². The molecular weight excluding hydrogens is 1140 g/mol. The molecule has 6 atom stereocenters. The van der Waals surface area contributed by atoms with Crippen molar-refractivity contribution in [2.75, 3.05) is 39.6 Å². The van der Waals surface area contributed by atoms with Crippen molar-refractivity contribution in [3.8, 4) is 0 Å². The van der Waals surface area contributed by atoms with Crippen molar-refractivity contribution in [3.05, 3.63) is 0 Å². The van der Waals surface area contributed by atoms with Crippen molar-refractivity contribution in [1.82, 2.24) is 0 Å². The van der Waals surface area contributed by atoms with Gasteiger partial charge in [-0.05, 0) is 49.4 Å². The summed E-state index contributed by atoms with van der Waals surface area (Å²) in [5.41, 5.74) is 0. The van der Waals surface area contributed by atoms with Crippen LogP contribution in [0.3, 0.4) is 0 Å². The van der Waals surface area contributed by atoms with Crippen LogP contribution in [0.4, 0.5) is 0 Å². The summed E-state index contributed by atoms with van der Waals surface area (Å²) in [7, 11) is -9.89. The third kappa shape index (κ3) is 59.7. The molecule has 0 aliphatic heterocycles. The Kier molecular flexibility index (Phi) is 55.7. The standard InChI is InChI=1S/C67H130O17P2/c1-9-60(8)46-38-30-24-26-32-40-48-65(70)78-54-62(83-66(71)49-41-33-21-17-15-13-11-10-12-14-16-19-27-35-43-57(2)3)55-81-85(73,74)79-51-61(68)52-80-86(75,76)82-56-63(84-67(72)50-42-34-25-23-29-37-45-59(6)7)53-77-64(69)47-39-31-22-18-20-28-36-44-58(4)5/h57-63,68H,9-56H2,1-8H3,(H,73,74)(H,75,76)/t60?,61-,62+,63+/m0/s1. The minimum Gasteiger partial charge on any atom is -0.462 e. The number of carbonyl (C=O) groups is 4. The zero-order valence-electron chi connectivity index (χ0n) is 55.9. The number of carbonyl (C=O) groups excluding carboxylic acids is 4. The summed E-state index contributed by atoms with van der Waals surface area (Å²) < 4.78 is 68.1. The van der Waals surface area contributed by atoms with Gasteiger partial charge in [-0.3, -0.25) is 37.3 Å². The lowest BCUT2D eigenvalue weighted by atomic mass is 10.00. The summed E-state index contributed by atoms with van der Waals surface area (Å²) in [6, 6.07) is 0. The van der Waals surface area contributed by atoms with Crippen molar-refractivity contribution in [2.24, 2.45) is 23.7 Å². The van der Waals surface area contributed by atoms with Crippen molar-refractivity contribution in [1.29, 1.82) is 0 Å². The molecule has 0 aliphatic carbocycles. The van der Waals surface area contributed by atoms with Crippen molar-refractivity contribution in [2.45, 2.75) is 343 Å². The van der Waals surface area contributed by atoms with E-state index in [4.69, 9.17) is 37.0 Å². The van der Waals surface area contributed by atoms with E-state index >= 15 is 0 Å². The molecule has 3 N–H and O–H groups in total. The second-order valence-corrected chi connectivity index (χ2v) is 28.8. The molecule has 0 amide bonds. The van der Waals surface area contributed by atoms with Crippen LogP contribution in [0.15, 0.2) is 0 Å². The zero-order chi connectivity index (χ0) is 63.9. The number of phosphoric ester groups is 2. The molecule has 0 saturated heterocycles. The number of aliphatic hydroxyl groups excluding tert-OH is 1. The minimum atomic E-state index is -4.95. The van der Waals surface area contributed by atoms with Crippen LogP contribution in [-0.4, -0.2) is 96.7 Å². The second-order valence-electron chi connectivity index (χ2n) is 25.9. The molecule has 19 heteroatoms. The molecule has 0 spiro atoms. The first-order valence-corrected chi connectivity index (χ1v) is 37.7. The molecule has 0 aromatic carbocycles. The van der Waals surface area contributed by atoms with Gasteiger partial charge in [0.2, 0.25) is 0 Å². The Bertz CT molecular complexity index is 1720. The van der Waals surface area contributed by atoms with Gasteiger partial charge in [0.1, 0.15) is 19.3 Å². The number of hydrogen-bond donors (Lipinski definition) is 3. The average molecular weight is 1270 g/mol. The molecule has 0 radical (unpaired) electrons. The number of hydrogen-bond acceptors (Lipinski definition) is 15. The van der Waals surface area contributed by atoms with Gasteiger partial charge in [-0.25, -0.2) is 9.13 Å². The SMILES string of the molecule is CCC(C)CCCCCCCCC(=O)OC[C@H](COP(=O)(O)OC[C@H](O)COP(=O)(O)OC[C@@H](COC(=O)CCCCCCCCCC(C)C)OC(=O)CCCCCCCCC(C)C)OC(=O)CCCCCCCCCCCCCCCCC(C)C. The molecule has 17 nitrogen and oxygen atoms in total. The third-order valence-electron chi connectivity index (χ3n) is 15.7. The molecule has 0 aromatic heterocycles. The Morgan fingerprint density at radius 2 is 0.558 bits per heavy atom. The third-order valence-corrected chi connectivity index (χ3v) is 17.6. The summed E-state index contributed by atoms with van der Waals surface area (Å²) in [6.45, 7) is 14.0. The number of unbranched alkanes of at least 4 members (excludes halogenated alkanes) is 29. The average Bonchev–Trinajstić information content (AvgIpc) is 3.60. The van der Waals surface area contributed by atoms with Gasteiger partial charge in [-0.15, -0.1) is 0 Å². The largest absolute Gasteiger partial charge is 0.472 e. The lowest BCUT2D eigenvalue weighted by Crippen LogP contribution is -2.30. The smallest absolute Gasteiger partial charge is 0.462 e. The van der Waals surface area contributed by atoms with E-state index < -0.39 is 97.5 Å². The summed E-state index contributed by atoms with van der Waals surface area (Å²) in [6.07, 6.45) is 37.9. The molecule has 0 aliphatic rings. The number of esters is 4. The van der Waals surface area contributed by atoms with E-state index in [0.717, 1.165) is 115 Å². The maximum absolute atomic E-state index is 13.0. The Labute approximate surface area is 524 Å². The zero-order valence-corrected chi connectivity index (χ0v) is 57.7. The van der Waals surface area contributed by atoms with Crippen LogP contribution in [0.1, 0.15) is 325 Å². The fourth-order valence-electron chi connectivity index (χ4n) is 9.93. The van der Waals surface area contributed by atoms with E-state index in [-0.39, 0.29) is 25.7 Å². The first-order valence-electron chi connectivity index (χ1n) is 34.7. The molecule has 0 heterocycles. The van der Waals surface area contributed by atoms with E-state index in [1.807, 2.05) is 0 Å². The summed E-state index contributed by atoms with van der Waals surface area (Å²) in [5, 5.41) is 10.5. The van der Waals surface area contributed by atoms with Crippen LogP contribution in [0.25, 0.3) is 0 Å². The maximum Gasteiger partial charge on any atom is 0.472 e. The van der Waals surface area contributed by atoms with Crippen LogP contribution in [0.2, 0.25) is 0 Å². The minimum absolute atomic E-state index is 0.101. The second kappa shape index (κ2) is 57.0. The monoisotopic (exact) mass is 1270 g/mol. The summed E-state index contributed by atoms with van der Waals surface area (Å²) in [5.74, 6) is 0.761. The Morgan fingerprint density at radius 3 is 0.826 bits per heavy atom. The van der Waals surface area contributed by atoms with E-state index in [1.54, 1.807) is 0 Å². The van der Waals surface area contributed by atoms with Gasteiger partial charge < -0.3 is 33.8 Å². The highest BCUT2D eigenvalue weighted by atomic mass is 31.2.